The predicted molar refractivity (Wildman–Crippen MR) is 83.5 cm³/mol. The van der Waals surface area contributed by atoms with Gasteiger partial charge in [0.1, 0.15) is 11.4 Å². The lowest BCUT2D eigenvalue weighted by Crippen LogP contribution is -2.43. The van der Waals surface area contributed by atoms with E-state index in [0.717, 1.165) is 0 Å². The van der Waals surface area contributed by atoms with Gasteiger partial charge in [-0.3, -0.25) is 4.79 Å². The van der Waals surface area contributed by atoms with Crippen LogP contribution in [0.2, 0.25) is 0 Å². The van der Waals surface area contributed by atoms with Gasteiger partial charge in [-0.15, -0.1) is 0 Å². The first-order valence-electron chi connectivity index (χ1n) is 7.44. The standard InChI is InChI=1S/C17H24FNO3/c1-6-8-14(19-16(21)22-17(3,4)5)15(20)12-9-7-10-13(18)11(12)2/h7,9-10,14H,6,8H2,1-5H3,(H,19,21)/t14-/m0/s1. The SMILES string of the molecule is CCC[C@H](NC(=O)OC(C)(C)C)C(=O)c1cccc(F)c1C. The van der Waals surface area contributed by atoms with Gasteiger partial charge in [0, 0.05) is 5.56 Å². The zero-order valence-electron chi connectivity index (χ0n) is 13.8. The number of benzene rings is 1. The molecule has 0 fully saturated rings. The number of amides is 1. The lowest BCUT2D eigenvalue weighted by molar-refractivity contribution is 0.0488. The number of halogens is 1. The Morgan fingerprint density at radius 2 is 1.95 bits per heavy atom. The molecule has 0 bridgehead atoms. The fourth-order valence-corrected chi connectivity index (χ4v) is 2.07. The Hall–Kier alpha value is -1.91. The normalized spacial score (nSPS) is 12.6. The van der Waals surface area contributed by atoms with E-state index in [1.54, 1.807) is 33.8 Å². The topological polar surface area (TPSA) is 55.4 Å². The number of rotatable bonds is 5. The summed E-state index contributed by atoms with van der Waals surface area (Å²) in [6.45, 7) is 8.72. The van der Waals surface area contributed by atoms with Crippen molar-refractivity contribution in [2.24, 2.45) is 0 Å². The van der Waals surface area contributed by atoms with Gasteiger partial charge < -0.3 is 10.1 Å². The fraction of sp³-hybridized carbons (Fsp3) is 0.529. The quantitative estimate of drug-likeness (QED) is 0.836. The molecule has 0 aliphatic heterocycles. The van der Waals surface area contributed by atoms with Crippen LogP contribution in [0, 0.1) is 12.7 Å². The van der Waals surface area contributed by atoms with Crippen LogP contribution < -0.4 is 5.32 Å². The molecule has 4 nitrogen and oxygen atoms in total. The molecule has 0 aliphatic rings. The molecule has 5 heteroatoms. The monoisotopic (exact) mass is 309 g/mol. The molecule has 0 aromatic heterocycles. The van der Waals surface area contributed by atoms with E-state index in [1.807, 2.05) is 6.92 Å². The fourth-order valence-electron chi connectivity index (χ4n) is 2.07. The van der Waals surface area contributed by atoms with Crippen molar-refractivity contribution in [2.45, 2.75) is 59.1 Å². The van der Waals surface area contributed by atoms with Gasteiger partial charge in [-0.2, -0.15) is 0 Å². The van der Waals surface area contributed by atoms with E-state index >= 15 is 0 Å². The van der Waals surface area contributed by atoms with Gasteiger partial charge >= 0.3 is 6.09 Å². The molecule has 1 atom stereocenters. The van der Waals surface area contributed by atoms with Gasteiger partial charge in [-0.1, -0.05) is 25.5 Å². The number of nitrogens with one attached hydrogen (secondary N) is 1. The number of Topliss-reactive ketones (excluding diaryl/α,β-unsaturated/α-hetero) is 1. The summed E-state index contributed by atoms with van der Waals surface area (Å²) in [6.07, 6.45) is 0.530. The second-order valence-electron chi connectivity index (χ2n) is 6.26. The zero-order valence-corrected chi connectivity index (χ0v) is 13.8. The summed E-state index contributed by atoms with van der Waals surface area (Å²) in [5.41, 5.74) is -0.0623. The number of hydrogen-bond acceptors (Lipinski definition) is 3. The maximum Gasteiger partial charge on any atom is 0.408 e. The Morgan fingerprint density at radius 1 is 1.32 bits per heavy atom. The Bertz CT molecular complexity index is 549. The maximum absolute atomic E-state index is 13.6. The summed E-state index contributed by atoms with van der Waals surface area (Å²) < 4.78 is 18.8. The third-order valence-electron chi connectivity index (χ3n) is 3.12. The molecule has 0 radical (unpaired) electrons. The molecule has 1 N–H and O–H groups in total. The summed E-state index contributed by atoms with van der Waals surface area (Å²) in [7, 11) is 0. The van der Waals surface area contributed by atoms with Crippen LogP contribution in [-0.4, -0.2) is 23.5 Å². The summed E-state index contributed by atoms with van der Waals surface area (Å²) in [6, 6.07) is 3.65. The van der Waals surface area contributed by atoms with Gasteiger partial charge in [-0.25, -0.2) is 9.18 Å². The van der Waals surface area contributed by atoms with E-state index in [9.17, 15) is 14.0 Å². The largest absolute Gasteiger partial charge is 0.444 e. The highest BCUT2D eigenvalue weighted by atomic mass is 19.1. The number of carbonyl (C=O) groups is 2. The van der Waals surface area contributed by atoms with E-state index in [-0.39, 0.29) is 11.3 Å². The van der Waals surface area contributed by atoms with Crippen molar-refractivity contribution < 1.29 is 18.7 Å². The molecule has 0 aliphatic carbocycles. The van der Waals surface area contributed by atoms with Gasteiger partial charge in [0.2, 0.25) is 0 Å². The van der Waals surface area contributed by atoms with E-state index in [4.69, 9.17) is 4.74 Å². The molecular weight excluding hydrogens is 285 g/mol. The molecule has 0 saturated carbocycles. The first-order valence-corrected chi connectivity index (χ1v) is 7.44. The minimum absolute atomic E-state index is 0.287. The lowest BCUT2D eigenvalue weighted by Gasteiger charge is -2.23. The average molecular weight is 309 g/mol. The Kier molecular flexibility index (Phi) is 6.09. The van der Waals surface area contributed by atoms with Crippen molar-refractivity contribution in [3.8, 4) is 0 Å². The van der Waals surface area contributed by atoms with Crippen molar-refractivity contribution in [3.63, 3.8) is 0 Å². The zero-order chi connectivity index (χ0) is 16.9. The van der Waals surface area contributed by atoms with E-state index in [0.29, 0.717) is 18.4 Å². The van der Waals surface area contributed by atoms with Crippen molar-refractivity contribution in [1.29, 1.82) is 0 Å². The first-order chi connectivity index (χ1) is 10.2. The molecular formula is C17H24FNO3. The summed E-state index contributed by atoms with van der Waals surface area (Å²) >= 11 is 0. The number of ketones is 1. The predicted octanol–water partition coefficient (Wildman–Crippen LogP) is 4.01. The lowest BCUT2D eigenvalue weighted by atomic mass is 9.96. The Labute approximate surface area is 131 Å². The van der Waals surface area contributed by atoms with Crippen molar-refractivity contribution >= 4 is 11.9 Å². The maximum atomic E-state index is 13.6. The third kappa shape index (κ3) is 5.13. The number of alkyl carbamates (subject to hydrolysis) is 1. The van der Waals surface area contributed by atoms with Crippen LogP contribution in [0.25, 0.3) is 0 Å². The summed E-state index contributed by atoms with van der Waals surface area (Å²) in [5.74, 6) is -0.733. The van der Waals surface area contributed by atoms with E-state index in [2.05, 4.69) is 5.32 Å². The molecule has 0 heterocycles. The van der Waals surface area contributed by atoms with Crippen molar-refractivity contribution in [2.75, 3.05) is 0 Å². The second kappa shape index (κ2) is 7.38. The second-order valence-corrected chi connectivity index (χ2v) is 6.26. The highest BCUT2D eigenvalue weighted by molar-refractivity contribution is 6.02. The van der Waals surface area contributed by atoms with Gasteiger partial charge in [-0.05, 0) is 45.7 Å². The highest BCUT2D eigenvalue weighted by Gasteiger charge is 2.26. The summed E-state index contributed by atoms with van der Waals surface area (Å²) in [4.78, 5) is 24.4. The molecule has 122 valence electrons. The molecule has 1 aromatic carbocycles. The number of hydrogen-bond donors (Lipinski definition) is 1. The van der Waals surface area contributed by atoms with Crippen LogP contribution in [0.4, 0.5) is 9.18 Å². The molecule has 1 aromatic rings. The van der Waals surface area contributed by atoms with E-state index < -0.39 is 23.6 Å². The Morgan fingerprint density at radius 3 is 2.50 bits per heavy atom. The number of carbonyl (C=O) groups excluding carboxylic acids is 2. The molecule has 0 spiro atoms. The van der Waals surface area contributed by atoms with Gasteiger partial charge in [0.25, 0.3) is 0 Å². The molecule has 1 amide bonds. The average Bonchev–Trinajstić information content (AvgIpc) is 2.38. The van der Waals surface area contributed by atoms with Crippen LogP contribution >= 0.6 is 0 Å². The van der Waals surface area contributed by atoms with Gasteiger partial charge in [0.05, 0.1) is 6.04 Å². The van der Waals surface area contributed by atoms with Crippen LogP contribution in [0.5, 0.6) is 0 Å². The van der Waals surface area contributed by atoms with Gasteiger partial charge in [0.15, 0.2) is 5.78 Å². The number of ether oxygens (including phenoxy) is 1. The molecule has 0 unspecified atom stereocenters. The van der Waals surface area contributed by atoms with E-state index in [1.165, 1.54) is 12.1 Å². The van der Waals surface area contributed by atoms with Crippen molar-refractivity contribution in [3.05, 3.63) is 35.1 Å². The van der Waals surface area contributed by atoms with Crippen LogP contribution in [-0.2, 0) is 4.74 Å². The van der Waals surface area contributed by atoms with Crippen LogP contribution in [0.15, 0.2) is 18.2 Å². The highest BCUT2D eigenvalue weighted by Crippen LogP contribution is 2.16. The Balaban J connectivity index is 2.93. The van der Waals surface area contributed by atoms with Crippen molar-refractivity contribution in [1.82, 2.24) is 5.32 Å². The smallest absolute Gasteiger partial charge is 0.408 e. The molecule has 0 saturated heterocycles. The minimum Gasteiger partial charge on any atom is -0.444 e. The van der Waals surface area contributed by atoms with Crippen LogP contribution in [0.3, 0.4) is 0 Å². The third-order valence-corrected chi connectivity index (χ3v) is 3.12. The first kappa shape index (κ1) is 18.1. The molecule has 1 rings (SSSR count). The molecule has 22 heavy (non-hydrogen) atoms. The minimum atomic E-state index is -0.722. The van der Waals surface area contributed by atoms with Crippen LogP contribution in [0.1, 0.15) is 56.5 Å². The summed E-state index contributed by atoms with van der Waals surface area (Å²) in [5, 5.41) is 2.59.